The predicted molar refractivity (Wildman–Crippen MR) is 75.3 cm³/mol. The van der Waals surface area contributed by atoms with Gasteiger partial charge in [-0.15, -0.1) is 0 Å². The Bertz CT molecular complexity index is 407. The molecule has 0 fully saturated rings. The number of fused-ring (bicyclic) bond motifs is 1. The van der Waals surface area contributed by atoms with Crippen molar-refractivity contribution in [1.82, 2.24) is 10.2 Å². The molecular weight excluding hydrogens is 232 g/mol. The maximum Gasteiger partial charge on any atom is 0.142 e. The molecule has 1 unspecified atom stereocenters. The van der Waals surface area contributed by atoms with Crippen molar-refractivity contribution in [3.63, 3.8) is 0 Å². The fraction of sp³-hybridized carbons (Fsp3) is 0.500. The average molecular weight is 252 g/mol. The van der Waals surface area contributed by atoms with Gasteiger partial charge in [0.1, 0.15) is 4.99 Å². The SMILES string of the molecule is CNC1(CCN(C)C)Nc2ccc(N)cc2S1. The number of nitrogens with zero attached hydrogens (tertiary/aromatic N) is 1. The Labute approximate surface area is 107 Å². The van der Waals surface area contributed by atoms with Crippen molar-refractivity contribution in [2.75, 3.05) is 38.7 Å². The van der Waals surface area contributed by atoms with Crippen LogP contribution < -0.4 is 16.4 Å². The first kappa shape index (κ1) is 12.5. The van der Waals surface area contributed by atoms with Gasteiger partial charge in [-0.3, -0.25) is 5.32 Å². The predicted octanol–water partition coefficient (Wildman–Crippen LogP) is 1.61. The lowest BCUT2D eigenvalue weighted by molar-refractivity contribution is 0.365. The minimum atomic E-state index is -0.111. The zero-order valence-electron chi connectivity index (χ0n) is 10.6. The summed E-state index contributed by atoms with van der Waals surface area (Å²) in [6.07, 6.45) is 1.02. The van der Waals surface area contributed by atoms with Gasteiger partial charge in [0.15, 0.2) is 0 Å². The van der Waals surface area contributed by atoms with E-state index < -0.39 is 0 Å². The summed E-state index contributed by atoms with van der Waals surface area (Å²) in [4.78, 5) is 3.30. The van der Waals surface area contributed by atoms with Crippen molar-refractivity contribution in [2.24, 2.45) is 0 Å². The van der Waals surface area contributed by atoms with Crippen LogP contribution in [-0.4, -0.2) is 37.6 Å². The molecule has 1 heterocycles. The molecule has 1 aromatic carbocycles. The summed E-state index contributed by atoms with van der Waals surface area (Å²) < 4.78 is 0. The summed E-state index contributed by atoms with van der Waals surface area (Å²) in [7, 11) is 6.17. The Morgan fingerprint density at radius 3 is 2.88 bits per heavy atom. The molecule has 1 atom stereocenters. The summed E-state index contributed by atoms with van der Waals surface area (Å²) in [5.74, 6) is 0. The topological polar surface area (TPSA) is 53.3 Å². The number of anilines is 2. The number of hydrogen-bond donors (Lipinski definition) is 3. The van der Waals surface area contributed by atoms with Crippen molar-refractivity contribution in [2.45, 2.75) is 16.3 Å². The van der Waals surface area contributed by atoms with E-state index in [-0.39, 0.29) is 4.99 Å². The number of thioether (sulfide) groups is 1. The number of nitrogens with two attached hydrogens (primary N) is 1. The van der Waals surface area contributed by atoms with Gasteiger partial charge in [-0.25, -0.2) is 0 Å². The molecule has 0 saturated heterocycles. The van der Waals surface area contributed by atoms with E-state index in [1.807, 2.05) is 37.0 Å². The van der Waals surface area contributed by atoms with E-state index in [0.29, 0.717) is 0 Å². The van der Waals surface area contributed by atoms with Gasteiger partial charge in [0, 0.05) is 23.5 Å². The van der Waals surface area contributed by atoms with Gasteiger partial charge in [-0.2, -0.15) is 0 Å². The molecule has 4 N–H and O–H groups in total. The average Bonchev–Trinajstić information content (AvgIpc) is 2.65. The first-order valence-electron chi connectivity index (χ1n) is 5.75. The van der Waals surface area contributed by atoms with Crippen LogP contribution in [-0.2, 0) is 0 Å². The Balaban J connectivity index is 2.14. The second-order valence-electron chi connectivity index (χ2n) is 4.61. The molecule has 5 heteroatoms. The van der Waals surface area contributed by atoms with Crippen LogP contribution in [0.5, 0.6) is 0 Å². The highest BCUT2D eigenvalue weighted by atomic mass is 32.2. The minimum Gasteiger partial charge on any atom is -0.399 e. The largest absolute Gasteiger partial charge is 0.399 e. The lowest BCUT2D eigenvalue weighted by atomic mass is 10.2. The summed E-state index contributed by atoms with van der Waals surface area (Å²) in [6.45, 7) is 1.03. The highest BCUT2D eigenvalue weighted by Gasteiger charge is 2.36. The van der Waals surface area contributed by atoms with Crippen LogP contribution in [0.1, 0.15) is 6.42 Å². The summed E-state index contributed by atoms with van der Waals surface area (Å²) in [6, 6.07) is 6.01. The van der Waals surface area contributed by atoms with Gasteiger partial charge in [0.05, 0.1) is 5.69 Å². The molecule has 1 aliphatic heterocycles. The van der Waals surface area contributed by atoms with Crippen molar-refractivity contribution in [3.05, 3.63) is 18.2 Å². The number of nitrogens with one attached hydrogen (secondary N) is 2. The normalized spacial score (nSPS) is 22.6. The van der Waals surface area contributed by atoms with Crippen molar-refractivity contribution in [1.29, 1.82) is 0 Å². The third kappa shape index (κ3) is 2.68. The second-order valence-corrected chi connectivity index (χ2v) is 5.95. The Morgan fingerprint density at radius 1 is 1.47 bits per heavy atom. The van der Waals surface area contributed by atoms with E-state index in [1.54, 1.807) is 0 Å². The Kier molecular flexibility index (Phi) is 3.51. The van der Waals surface area contributed by atoms with E-state index in [1.165, 1.54) is 4.90 Å². The highest BCUT2D eigenvalue weighted by molar-refractivity contribution is 8.01. The summed E-state index contributed by atoms with van der Waals surface area (Å²) >= 11 is 1.81. The van der Waals surface area contributed by atoms with E-state index in [4.69, 9.17) is 5.73 Å². The van der Waals surface area contributed by atoms with E-state index in [9.17, 15) is 0 Å². The molecule has 0 amide bonds. The van der Waals surface area contributed by atoms with Crippen LogP contribution in [0.4, 0.5) is 11.4 Å². The van der Waals surface area contributed by atoms with Crippen LogP contribution in [0.3, 0.4) is 0 Å². The van der Waals surface area contributed by atoms with Gasteiger partial charge < -0.3 is 16.0 Å². The molecule has 0 aliphatic carbocycles. The maximum atomic E-state index is 5.81. The number of benzene rings is 1. The first-order chi connectivity index (χ1) is 8.04. The maximum absolute atomic E-state index is 5.81. The first-order valence-corrected chi connectivity index (χ1v) is 6.57. The lowest BCUT2D eigenvalue weighted by Gasteiger charge is -2.29. The van der Waals surface area contributed by atoms with Crippen LogP contribution in [0.2, 0.25) is 0 Å². The lowest BCUT2D eigenvalue weighted by Crippen LogP contribution is -2.46. The van der Waals surface area contributed by atoms with Crippen molar-refractivity contribution < 1.29 is 0 Å². The molecule has 17 heavy (non-hydrogen) atoms. The van der Waals surface area contributed by atoms with E-state index in [2.05, 4.69) is 29.6 Å². The molecule has 0 bridgehead atoms. The highest BCUT2D eigenvalue weighted by Crippen LogP contribution is 2.46. The Hall–Kier alpha value is -0.910. The van der Waals surface area contributed by atoms with Crippen molar-refractivity contribution in [3.8, 4) is 0 Å². The molecule has 0 radical (unpaired) electrons. The fourth-order valence-electron chi connectivity index (χ4n) is 1.89. The molecular formula is C12H20N4S. The minimum absolute atomic E-state index is 0.111. The van der Waals surface area contributed by atoms with Crippen LogP contribution in [0.25, 0.3) is 0 Å². The number of rotatable bonds is 4. The van der Waals surface area contributed by atoms with E-state index in [0.717, 1.165) is 24.3 Å². The summed E-state index contributed by atoms with van der Waals surface area (Å²) in [5, 5.41) is 6.93. The molecule has 94 valence electrons. The smallest absolute Gasteiger partial charge is 0.142 e. The monoisotopic (exact) mass is 252 g/mol. The third-order valence-corrected chi connectivity index (χ3v) is 4.36. The second kappa shape index (κ2) is 4.76. The number of hydrogen-bond acceptors (Lipinski definition) is 5. The molecule has 1 aliphatic rings. The van der Waals surface area contributed by atoms with Crippen LogP contribution in [0, 0.1) is 0 Å². The van der Waals surface area contributed by atoms with Crippen LogP contribution in [0.15, 0.2) is 23.1 Å². The molecule has 2 rings (SSSR count). The van der Waals surface area contributed by atoms with Crippen LogP contribution >= 0.6 is 11.8 Å². The quantitative estimate of drug-likeness (QED) is 0.711. The van der Waals surface area contributed by atoms with Gasteiger partial charge >= 0.3 is 0 Å². The number of nitrogen functional groups attached to an aromatic ring is 1. The third-order valence-electron chi connectivity index (χ3n) is 2.94. The zero-order valence-corrected chi connectivity index (χ0v) is 11.4. The van der Waals surface area contributed by atoms with Gasteiger partial charge in [-0.05, 0) is 39.3 Å². The van der Waals surface area contributed by atoms with Crippen molar-refractivity contribution >= 4 is 23.1 Å². The summed E-state index contributed by atoms with van der Waals surface area (Å²) in [5.41, 5.74) is 7.79. The molecule has 1 aromatic rings. The van der Waals surface area contributed by atoms with E-state index >= 15 is 0 Å². The van der Waals surface area contributed by atoms with Gasteiger partial charge in [0.2, 0.25) is 0 Å². The molecule has 0 aromatic heterocycles. The van der Waals surface area contributed by atoms with Gasteiger partial charge in [0.25, 0.3) is 0 Å². The zero-order chi connectivity index (χ0) is 12.5. The Morgan fingerprint density at radius 2 is 2.24 bits per heavy atom. The fourth-order valence-corrected chi connectivity index (χ4v) is 3.15. The molecule has 4 nitrogen and oxygen atoms in total. The standard InChI is InChI=1S/C12H20N4S/c1-14-12(6-7-16(2)3)15-10-5-4-9(13)8-11(10)17-12/h4-5,8,14-15H,6-7,13H2,1-3H3. The molecule has 0 spiro atoms. The van der Waals surface area contributed by atoms with Gasteiger partial charge in [-0.1, -0.05) is 11.8 Å². The molecule has 0 saturated carbocycles.